The quantitative estimate of drug-likeness (QED) is 0.702. The Hall–Kier alpha value is -0.650. The molecule has 0 aliphatic carbocycles. The van der Waals surface area contributed by atoms with E-state index in [1.165, 1.54) is 0 Å². The molecule has 1 unspecified atom stereocenters. The van der Waals surface area contributed by atoms with Crippen molar-refractivity contribution in [2.45, 2.75) is 45.2 Å². The Morgan fingerprint density at radius 1 is 1.42 bits per heavy atom. The molecule has 1 heterocycles. The number of hydrogen-bond donors (Lipinski definition) is 1. The highest BCUT2D eigenvalue weighted by Crippen LogP contribution is 2.17. The van der Waals surface area contributed by atoms with Crippen LogP contribution in [-0.2, 0) is 14.3 Å². The largest absolute Gasteiger partial charge is 0.465 e. The second kappa shape index (κ2) is 7.82. The number of ether oxygens (including phenoxy) is 2. The molecule has 1 aliphatic heterocycles. The van der Waals surface area contributed by atoms with Crippen LogP contribution in [0.15, 0.2) is 0 Å². The van der Waals surface area contributed by atoms with Crippen LogP contribution >= 0.6 is 0 Å². The summed E-state index contributed by atoms with van der Waals surface area (Å²) in [6.07, 6.45) is 2.06. The van der Waals surface area contributed by atoms with Crippen LogP contribution in [0.1, 0.15) is 33.6 Å². The molecule has 0 spiro atoms. The monoisotopic (exact) mass is 272 g/mol. The van der Waals surface area contributed by atoms with Gasteiger partial charge in [-0.05, 0) is 40.3 Å². The van der Waals surface area contributed by atoms with Gasteiger partial charge in [-0.1, -0.05) is 6.92 Å². The molecule has 0 aromatic carbocycles. The van der Waals surface area contributed by atoms with E-state index in [1.807, 2.05) is 20.8 Å². The average Bonchev–Trinajstić information content (AvgIpc) is 2.40. The molecule has 19 heavy (non-hydrogen) atoms. The van der Waals surface area contributed by atoms with Gasteiger partial charge in [0.15, 0.2) is 0 Å². The molecule has 1 saturated heterocycles. The van der Waals surface area contributed by atoms with E-state index in [1.54, 1.807) is 0 Å². The maximum Gasteiger partial charge on any atom is 0.327 e. The van der Waals surface area contributed by atoms with E-state index in [9.17, 15) is 4.79 Å². The first-order valence-electron chi connectivity index (χ1n) is 7.23. The molecule has 0 amide bonds. The van der Waals surface area contributed by atoms with E-state index in [0.29, 0.717) is 19.2 Å². The summed E-state index contributed by atoms with van der Waals surface area (Å²) in [5.74, 6) is -0.171. The molecule has 0 radical (unpaired) electrons. The van der Waals surface area contributed by atoms with Gasteiger partial charge in [0.2, 0.25) is 0 Å². The minimum absolute atomic E-state index is 0.171. The summed E-state index contributed by atoms with van der Waals surface area (Å²) in [5.41, 5.74) is -0.641. The lowest BCUT2D eigenvalue weighted by Crippen LogP contribution is -2.58. The van der Waals surface area contributed by atoms with Crippen LogP contribution in [0.25, 0.3) is 0 Å². The van der Waals surface area contributed by atoms with Gasteiger partial charge in [0.25, 0.3) is 0 Å². The summed E-state index contributed by atoms with van der Waals surface area (Å²) in [7, 11) is 2.07. The second-order valence-corrected chi connectivity index (χ2v) is 5.34. The van der Waals surface area contributed by atoms with Crippen molar-refractivity contribution in [3.05, 3.63) is 0 Å². The van der Waals surface area contributed by atoms with Gasteiger partial charge >= 0.3 is 5.97 Å². The number of rotatable bonds is 7. The SMILES string of the molecule is CCNC(C)(CN(C)C1CCOCC1)C(=O)OCC. The van der Waals surface area contributed by atoms with Gasteiger partial charge in [0, 0.05) is 25.8 Å². The average molecular weight is 272 g/mol. The number of carbonyl (C=O) groups excluding carboxylic acids is 1. The number of likely N-dealkylation sites (N-methyl/N-ethyl adjacent to an activating group) is 2. The normalized spacial score (nSPS) is 20.3. The van der Waals surface area contributed by atoms with Crippen LogP contribution in [-0.4, -0.2) is 62.4 Å². The summed E-state index contributed by atoms with van der Waals surface area (Å²) < 4.78 is 10.6. The summed E-state index contributed by atoms with van der Waals surface area (Å²) in [5, 5.41) is 3.27. The van der Waals surface area contributed by atoms with Crippen LogP contribution in [0, 0.1) is 0 Å². The van der Waals surface area contributed by atoms with Gasteiger partial charge < -0.3 is 19.7 Å². The molecule has 5 heteroatoms. The number of nitrogens with zero attached hydrogens (tertiary/aromatic N) is 1. The van der Waals surface area contributed by atoms with Gasteiger partial charge in [-0.3, -0.25) is 4.79 Å². The molecule has 1 fully saturated rings. The highest BCUT2D eigenvalue weighted by Gasteiger charge is 2.36. The maximum atomic E-state index is 12.1. The molecule has 1 aliphatic rings. The van der Waals surface area contributed by atoms with Gasteiger partial charge in [0.05, 0.1) is 6.61 Å². The van der Waals surface area contributed by atoms with Crippen LogP contribution in [0.3, 0.4) is 0 Å². The predicted octanol–water partition coefficient (Wildman–Crippen LogP) is 1.03. The van der Waals surface area contributed by atoms with Crippen molar-refractivity contribution in [3.63, 3.8) is 0 Å². The number of nitrogens with one attached hydrogen (secondary N) is 1. The summed E-state index contributed by atoms with van der Waals surface area (Å²) in [4.78, 5) is 14.4. The zero-order valence-corrected chi connectivity index (χ0v) is 12.7. The minimum Gasteiger partial charge on any atom is -0.465 e. The van der Waals surface area contributed by atoms with E-state index in [4.69, 9.17) is 9.47 Å². The Morgan fingerprint density at radius 3 is 2.58 bits per heavy atom. The highest BCUT2D eigenvalue weighted by atomic mass is 16.5. The van der Waals surface area contributed by atoms with Gasteiger partial charge in [-0.2, -0.15) is 0 Å². The third-order valence-corrected chi connectivity index (χ3v) is 3.67. The second-order valence-electron chi connectivity index (χ2n) is 5.34. The Kier molecular flexibility index (Phi) is 6.75. The van der Waals surface area contributed by atoms with Crippen LogP contribution < -0.4 is 5.32 Å². The lowest BCUT2D eigenvalue weighted by atomic mass is 9.99. The fraction of sp³-hybridized carbons (Fsp3) is 0.929. The Morgan fingerprint density at radius 2 is 2.05 bits per heavy atom. The zero-order chi connectivity index (χ0) is 14.3. The Balaban J connectivity index is 2.62. The standard InChI is InChI=1S/C14H28N2O3/c1-5-15-14(3,13(17)19-6-2)11-16(4)12-7-9-18-10-8-12/h12,15H,5-11H2,1-4H3. The molecule has 0 aromatic heterocycles. The van der Waals surface area contributed by atoms with E-state index in [-0.39, 0.29) is 5.97 Å². The van der Waals surface area contributed by atoms with Gasteiger partial charge in [0.1, 0.15) is 5.54 Å². The van der Waals surface area contributed by atoms with Crippen LogP contribution in [0.5, 0.6) is 0 Å². The van der Waals surface area contributed by atoms with Crippen molar-refractivity contribution in [1.82, 2.24) is 10.2 Å². The lowest BCUT2D eigenvalue weighted by molar-refractivity contribution is -0.151. The minimum atomic E-state index is -0.641. The van der Waals surface area contributed by atoms with E-state index >= 15 is 0 Å². The molecule has 0 bridgehead atoms. The first kappa shape index (κ1) is 16.4. The Labute approximate surface area is 116 Å². The van der Waals surface area contributed by atoms with Crippen molar-refractivity contribution in [2.24, 2.45) is 0 Å². The molecule has 1 atom stereocenters. The van der Waals surface area contributed by atoms with Crippen molar-refractivity contribution >= 4 is 5.97 Å². The number of esters is 1. The van der Waals surface area contributed by atoms with Crippen molar-refractivity contribution in [2.75, 3.05) is 40.0 Å². The van der Waals surface area contributed by atoms with Gasteiger partial charge in [-0.15, -0.1) is 0 Å². The van der Waals surface area contributed by atoms with E-state index in [0.717, 1.165) is 32.6 Å². The lowest BCUT2D eigenvalue weighted by Gasteiger charge is -2.37. The predicted molar refractivity (Wildman–Crippen MR) is 75.2 cm³/mol. The first-order valence-corrected chi connectivity index (χ1v) is 7.23. The topological polar surface area (TPSA) is 50.8 Å². The molecule has 0 saturated carbocycles. The van der Waals surface area contributed by atoms with E-state index < -0.39 is 5.54 Å². The van der Waals surface area contributed by atoms with E-state index in [2.05, 4.69) is 17.3 Å². The highest BCUT2D eigenvalue weighted by molar-refractivity contribution is 5.80. The smallest absolute Gasteiger partial charge is 0.327 e. The summed E-state index contributed by atoms with van der Waals surface area (Å²) in [6.45, 7) is 9.21. The molecule has 112 valence electrons. The molecule has 5 nitrogen and oxygen atoms in total. The van der Waals surface area contributed by atoms with Crippen molar-refractivity contribution in [1.29, 1.82) is 0 Å². The zero-order valence-electron chi connectivity index (χ0n) is 12.7. The fourth-order valence-corrected chi connectivity index (χ4v) is 2.63. The summed E-state index contributed by atoms with van der Waals surface area (Å²) >= 11 is 0. The summed E-state index contributed by atoms with van der Waals surface area (Å²) in [6, 6.07) is 0.487. The maximum absolute atomic E-state index is 12.1. The first-order chi connectivity index (χ1) is 9.03. The molecule has 1 rings (SSSR count). The van der Waals surface area contributed by atoms with Crippen LogP contribution in [0.4, 0.5) is 0 Å². The number of hydrogen-bond acceptors (Lipinski definition) is 5. The van der Waals surface area contributed by atoms with Crippen molar-refractivity contribution in [3.8, 4) is 0 Å². The van der Waals surface area contributed by atoms with Crippen LogP contribution in [0.2, 0.25) is 0 Å². The van der Waals surface area contributed by atoms with Crippen molar-refractivity contribution < 1.29 is 14.3 Å². The third kappa shape index (κ3) is 4.75. The molecule has 0 aromatic rings. The molecular formula is C14H28N2O3. The number of carbonyl (C=O) groups is 1. The van der Waals surface area contributed by atoms with Gasteiger partial charge in [-0.25, -0.2) is 0 Å². The fourth-order valence-electron chi connectivity index (χ4n) is 2.63. The molecule has 1 N–H and O–H groups in total. The Bertz CT molecular complexity index is 280. The third-order valence-electron chi connectivity index (χ3n) is 3.67. The molecular weight excluding hydrogens is 244 g/mol.